The fourth-order valence-corrected chi connectivity index (χ4v) is 1.04. The Balaban J connectivity index is 2.52. The van der Waals surface area contributed by atoms with Gasteiger partial charge in [0.2, 0.25) is 0 Å². The molecule has 14 heavy (non-hydrogen) atoms. The van der Waals surface area contributed by atoms with Crippen molar-refractivity contribution in [3.8, 4) is 0 Å². The van der Waals surface area contributed by atoms with Crippen LogP contribution in [0.3, 0.4) is 0 Å². The molecule has 1 aromatic rings. The van der Waals surface area contributed by atoms with Crippen molar-refractivity contribution in [1.82, 2.24) is 0 Å². The van der Waals surface area contributed by atoms with Gasteiger partial charge in [-0.1, -0.05) is 6.07 Å². The van der Waals surface area contributed by atoms with Crippen molar-refractivity contribution >= 4 is 0 Å². The third-order valence-electron chi connectivity index (χ3n) is 1.82. The van der Waals surface area contributed by atoms with Crippen molar-refractivity contribution in [3.05, 3.63) is 35.6 Å². The van der Waals surface area contributed by atoms with Crippen LogP contribution in [0.4, 0.5) is 4.39 Å². The summed E-state index contributed by atoms with van der Waals surface area (Å²) in [5, 5.41) is 9.00. The largest absolute Gasteiger partial charge is 0.391 e. The third kappa shape index (κ3) is 3.44. The standard InChI is InChI=1S/C11H14FO2/c1-8(13)7-14-9(2)10-3-5-11(12)6-4-10/h3,5-6,8-9,13H,7H2,1-2H3/t8-,9-/m1/s1. The zero-order valence-electron chi connectivity index (χ0n) is 8.33. The maximum atomic E-state index is 12.6. The van der Waals surface area contributed by atoms with Gasteiger partial charge >= 0.3 is 0 Å². The zero-order valence-corrected chi connectivity index (χ0v) is 8.33. The lowest BCUT2D eigenvalue weighted by atomic mass is 10.1. The molecule has 2 nitrogen and oxygen atoms in total. The predicted molar refractivity (Wildman–Crippen MR) is 51.3 cm³/mol. The Kier molecular flexibility index (Phi) is 4.04. The summed E-state index contributed by atoms with van der Waals surface area (Å²) in [6.07, 6.45) is -0.664. The van der Waals surface area contributed by atoms with Crippen LogP contribution in [0.25, 0.3) is 0 Å². The van der Waals surface area contributed by atoms with Gasteiger partial charge in [0.1, 0.15) is 5.82 Å². The highest BCUT2D eigenvalue weighted by molar-refractivity contribution is 5.16. The second kappa shape index (κ2) is 5.08. The Labute approximate surface area is 83.3 Å². The number of rotatable bonds is 4. The first kappa shape index (κ1) is 11.1. The molecule has 3 heteroatoms. The highest BCUT2D eigenvalue weighted by Crippen LogP contribution is 2.16. The van der Waals surface area contributed by atoms with Gasteiger partial charge in [0.15, 0.2) is 0 Å². The first-order valence-electron chi connectivity index (χ1n) is 4.56. The van der Waals surface area contributed by atoms with Crippen molar-refractivity contribution in [1.29, 1.82) is 0 Å². The van der Waals surface area contributed by atoms with Crippen molar-refractivity contribution in [2.75, 3.05) is 6.61 Å². The number of benzene rings is 1. The number of halogens is 1. The van der Waals surface area contributed by atoms with Crippen LogP contribution in [0.2, 0.25) is 0 Å². The molecule has 0 aliphatic rings. The van der Waals surface area contributed by atoms with E-state index in [0.29, 0.717) is 0 Å². The summed E-state index contributed by atoms with van der Waals surface area (Å²) in [6.45, 7) is 3.76. The molecule has 0 bridgehead atoms. The summed E-state index contributed by atoms with van der Waals surface area (Å²) < 4.78 is 17.9. The van der Waals surface area contributed by atoms with E-state index in [-0.39, 0.29) is 18.5 Å². The van der Waals surface area contributed by atoms with E-state index in [0.717, 1.165) is 5.56 Å². The molecule has 0 aromatic heterocycles. The highest BCUT2D eigenvalue weighted by atomic mass is 19.1. The molecular weight excluding hydrogens is 183 g/mol. The third-order valence-corrected chi connectivity index (χ3v) is 1.82. The normalized spacial score (nSPS) is 15.1. The van der Waals surface area contributed by atoms with Crippen molar-refractivity contribution < 1.29 is 14.2 Å². The Hall–Kier alpha value is -0.930. The van der Waals surface area contributed by atoms with Gasteiger partial charge < -0.3 is 9.84 Å². The summed E-state index contributed by atoms with van der Waals surface area (Å²) in [6, 6.07) is 7.05. The van der Waals surface area contributed by atoms with Crippen molar-refractivity contribution in [2.45, 2.75) is 26.1 Å². The summed E-state index contributed by atoms with van der Waals surface area (Å²) in [7, 11) is 0. The highest BCUT2D eigenvalue weighted by Gasteiger charge is 2.07. The number of ether oxygens (including phenoxy) is 1. The van der Waals surface area contributed by atoms with Gasteiger partial charge in [0.25, 0.3) is 0 Å². The van der Waals surface area contributed by atoms with E-state index in [9.17, 15) is 4.39 Å². The van der Waals surface area contributed by atoms with Crippen LogP contribution in [0.1, 0.15) is 25.5 Å². The first-order valence-corrected chi connectivity index (χ1v) is 4.56. The topological polar surface area (TPSA) is 29.5 Å². The maximum absolute atomic E-state index is 12.6. The molecule has 1 N–H and O–H groups in total. The minimum absolute atomic E-state index is 0.176. The number of aliphatic hydroxyl groups excluding tert-OH is 1. The molecule has 2 atom stereocenters. The van der Waals surface area contributed by atoms with Crippen LogP contribution in [0.5, 0.6) is 0 Å². The average Bonchev–Trinajstić information content (AvgIpc) is 2.15. The number of aliphatic hydroxyl groups is 1. The summed E-state index contributed by atoms with van der Waals surface area (Å²) in [5.74, 6) is -0.309. The minimum Gasteiger partial charge on any atom is -0.391 e. The molecule has 0 saturated carbocycles. The molecule has 0 amide bonds. The fraction of sp³-hybridized carbons (Fsp3) is 0.455. The minimum atomic E-state index is -0.488. The molecular formula is C11H14FO2. The van der Waals surface area contributed by atoms with Gasteiger partial charge in [-0.25, -0.2) is 4.39 Å². The van der Waals surface area contributed by atoms with E-state index in [1.807, 2.05) is 6.92 Å². The Morgan fingerprint density at radius 2 is 2.21 bits per heavy atom. The second-order valence-electron chi connectivity index (χ2n) is 3.29. The Bertz CT molecular complexity index is 269. The van der Waals surface area contributed by atoms with Gasteiger partial charge in [-0.2, -0.15) is 0 Å². The Morgan fingerprint density at radius 3 is 2.71 bits per heavy atom. The summed E-state index contributed by atoms with van der Waals surface area (Å²) in [4.78, 5) is 0. The fourth-order valence-electron chi connectivity index (χ4n) is 1.04. The van der Waals surface area contributed by atoms with E-state index < -0.39 is 6.10 Å². The first-order chi connectivity index (χ1) is 6.59. The van der Waals surface area contributed by atoms with Crippen LogP contribution in [-0.4, -0.2) is 17.8 Å². The SMILES string of the molecule is C[C@@H](O)CO[C@H](C)c1[c]cc(F)cc1. The Morgan fingerprint density at radius 1 is 1.50 bits per heavy atom. The molecule has 1 rings (SSSR count). The molecule has 0 fully saturated rings. The van der Waals surface area contributed by atoms with E-state index in [1.54, 1.807) is 13.0 Å². The van der Waals surface area contributed by atoms with Gasteiger partial charge in [0.05, 0.1) is 18.8 Å². The van der Waals surface area contributed by atoms with E-state index in [4.69, 9.17) is 9.84 Å². The monoisotopic (exact) mass is 197 g/mol. The quantitative estimate of drug-likeness (QED) is 0.800. The van der Waals surface area contributed by atoms with Crippen LogP contribution in [0, 0.1) is 11.9 Å². The smallest absolute Gasteiger partial charge is 0.123 e. The van der Waals surface area contributed by atoms with Gasteiger partial charge in [0, 0.05) is 0 Å². The summed E-state index contributed by atoms with van der Waals surface area (Å²) >= 11 is 0. The lowest BCUT2D eigenvalue weighted by Crippen LogP contribution is -2.12. The molecule has 77 valence electrons. The molecule has 0 spiro atoms. The van der Waals surface area contributed by atoms with Crippen LogP contribution >= 0.6 is 0 Å². The van der Waals surface area contributed by atoms with Crippen LogP contribution in [0.15, 0.2) is 18.2 Å². The van der Waals surface area contributed by atoms with E-state index in [2.05, 4.69) is 6.07 Å². The predicted octanol–water partition coefficient (Wildman–Crippen LogP) is 2.08. The van der Waals surface area contributed by atoms with Gasteiger partial charge in [-0.3, -0.25) is 0 Å². The molecule has 0 heterocycles. The molecule has 0 aliphatic carbocycles. The van der Waals surface area contributed by atoms with Crippen LogP contribution in [-0.2, 0) is 4.74 Å². The number of hydrogen-bond donors (Lipinski definition) is 1. The van der Waals surface area contributed by atoms with Crippen molar-refractivity contribution in [2.24, 2.45) is 0 Å². The van der Waals surface area contributed by atoms with Gasteiger partial charge in [-0.15, -0.1) is 0 Å². The molecule has 0 aliphatic heterocycles. The van der Waals surface area contributed by atoms with Gasteiger partial charge in [-0.05, 0) is 37.6 Å². The van der Waals surface area contributed by atoms with E-state index in [1.165, 1.54) is 12.1 Å². The molecule has 1 radical (unpaired) electrons. The maximum Gasteiger partial charge on any atom is 0.123 e. The van der Waals surface area contributed by atoms with Crippen LogP contribution < -0.4 is 0 Å². The second-order valence-corrected chi connectivity index (χ2v) is 3.29. The molecule has 0 unspecified atom stereocenters. The molecule has 1 aromatic carbocycles. The zero-order chi connectivity index (χ0) is 10.6. The lowest BCUT2D eigenvalue weighted by Gasteiger charge is -2.14. The molecule has 0 saturated heterocycles. The number of hydrogen-bond acceptors (Lipinski definition) is 2. The van der Waals surface area contributed by atoms with Crippen molar-refractivity contribution in [3.63, 3.8) is 0 Å². The average molecular weight is 197 g/mol. The van der Waals surface area contributed by atoms with E-state index >= 15 is 0 Å². The lowest BCUT2D eigenvalue weighted by molar-refractivity contribution is 0.00436. The summed E-state index contributed by atoms with van der Waals surface area (Å²) in [5.41, 5.74) is 0.784.